The summed E-state index contributed by atoms with van der Waals surface area (Å²) in [7, 11) is 0. The van der Waals surface area contributed by atoms with Crippen LogP contribution in [0.4, 0.5) is 0 Å². The van der Waals surface area contributed by atoms with Crippen molar-refractivity contribution in [1.82, 2.24) is 5.32 Å². The van der Waals surface area contributed by atoms with Crippen LogP contribution in [0.15, 0.2) is 0 Å². The van der Waals surface area contributed by atoms with Gasteiger partial charge < -0.3 is 11.1 Å². The van der Waals surface area contributed by atoms with Crippen LogP contribution in [0.3, 0.4) is 0 Å². The van der Waals surface area contributed by atoms with E-state index < -0.39 is 0 Å². The van der Waals surface area contributed by atoms with Crippen molar-refractivity contribution in [2.75, 3.05) is 0 Å². The van der Waals surface area contributed by atoms with Crippen molar-refractivity contribution >= 4 is 5.91 Å². The fourth-order valence-electron chi connectivity index (χ4n) is 1.24. The Kier molecular flexibility index (Phi) is 3.31. The molecule has 0 aromatic heterocycles. The molecule has 0 aromatic rings. The highest BCUT2D eigenvalue weighted by atomic mass is 16.1. The van der Waals surface area contributed by atoms with Crippen LogP contribution < -0.4 is 11.1 Å². The van der Waals surface area contributed by atoms with Crippen LogP contribution in [0.25, 0.3) is 0 Å². The third-order valence-corrected chi connectivity index (χ3v) is 2.73. The predicted octanol–water partition coefficient (Wildman–Crippen LogP) is 0.884. The topological polar surface area (TPSA) is 55.1 Å². The van der Waals surface area contributed by atoms with Crippen molar-refractivity contribution in [3.8, 4) is 0 Å². The van der Waals surface area contributed by atoms with Gasteiger partial charge >= 0.3 is 0 Å². The molecular weight excluding hydrogens is 164 g/mol. The first-order chi connectivity index (χ1) is 6.00. The van der Waals surface area contributed by atoms with Gasteiger partial charge in [-0.25, -0.2) is 0 Å². The summed E-state index contributed by atoms with van der Waals surface area (Å²) in [6.45, 7) is 6.22. The molecule has 3 nitrogen and oxygen atoms in total. The lowest BCUT2D eigenvalue weighted by atomic mass is 10.0. The van der Waals surface area contributed by atoms with Gasteiger partial charge in [0.05, 0.1) is 0 Å². The standard InChI is InChI=1S/C10H20N2O/c1-6(2)8(11)5-10(13)12-9-4-7(9)3/h6-9H,4-5,11H2,1-3H3,(H,12,13). The Labute approximate surface area is 80.1 Å². The van der Waals surface area contributed by atoms with Gasteiger partial charge in [-0.3, -0.25) is 4.79 Å². The third kappa shape index (κ3) is 3.35. The van der Waals surface area contributed by atoms with E-state index in [1.54, 1.807) is 0 Å². The van der Waals surface area contributed by atoms with Crippen molar-refractivity contribution in [1.29, 1.82) is 0 Å². The minimum Gasteiger partial charge on any atom is -0.353 e. The molecule has 1 aliphatic rings. The molecule has 0 heterocycles. The molecular formula is C10H20N2O. The van der Waals surface area contributed by atoms with E-state index >= 15 is 0 Å². The number of nitrogens with one attached hydrogen (secondary N) is 1. The lowest BCUT2D eigenvalue weighted by Crippen LogP contribution is -2.36. The molecule has 3 atom stereocenters. The summed E-state index contributed by atoms with van der Waals surface area (Å²) in [6.07, 6.45) is 1.59. The van der Waals surface area contributed by atoms with Crippen LogP contribution in [-0.4, -0.2) is 18.0 Å². The van der Waals surface area contributed by atoms with Gasteiger partial charge in [0.2, 0.25) is 5.91 Å². The summed E-state index contributed by atoms with van der Waals surface area (Å²) in [4.78, 5) is 11.4. The molecule has 0 saturated heterocycles. The fourth-order valence-corrected chi connectivity index (χ4v) is 1.24. The first-order valence-electron chi connectivity index (χ1n) is 5.05. The fraction of sp³-hybridized carbons (Fsp3) is 0.900. The maximum absolute atomic E-state index is 11.4. The molecule has 13 heavy (non-hydrogen) atoms. The Hall–Kier alpha value is -0.570. The third-order valence-electron chi connectivity index (χ3n) is 2.73. The number of hydrogen-bond donors (Lipinski definition) is 2. The van der Waals surface area contributed by atoms with Crippen molar-refractivity contribution in [2.45, 2.75) is 45.7 Å². The average molecular weight is 184 g/mol. The van der Waals surface area contributed by atoms with Gasteiger partial charge in [-0.15, -0.1) is 0 Å². The van der Waals surface area contributed by atoms with Gasteiger partial charge in [0.1, 0.15) is 0 Å². The SMILES string of the molecule is CC(C)C(N)CC(=O)NC1CC1C. The summed E-state index contributed by atoms with van der Waals surface area (Å²) in [5, 5.41) is 2.97. The number of rotatable bonds is 4. The highest BCUT2D eigenvalue weighted by Gasteiger charge is 2.33. The van der Waals surface area contributed by atoms with Crippen LogP contribution in [0.2, 0.25) is 0 Å². The molecule has 1 rings (SSSR count). The van der Waals surface area contributed by atoms with Gasteiger partial charge in [0.15, 0.2) is 0 Å². The van der Waals surface area contributed by atoms with E-state index in [1.165, 1.54) is 0 Å². The molecule has 1 fully saturated rings. The summed E-state index contributed by atoms with van der Waals surface area (Å²) < 4.78 is 0. The average Bonchev–Trinajstić information content (AvgIpc) is 2.65. The second-order valence-electron chi connectivity index (χ2n) is 4.50. The number of nitrogens with two attached hydrogens (primary N) is 1. The van der Waals surface area contributed by atoms with E-state index in [-0.39, 0.29) is 11.9 Å². The lowest BCUT2D eigenvalue weighted by molar-refractivity contribution is -0.121. The largest absolute Gasteiger partial charge is 0.353 e. The van der Waals surface area contributed by atoms with Crippen LogP contribution in [-0.2, 0) is 4.79 Å². The number of amides is 1. The minimum absolute atomic E-state index is 0.00550. The molecule has 0 aromatic carbocycles. The molecule has 0 spiro atoms. The molecule has 1 amide bonds. The number of carbonyl (C=O) groups excluding carboxylic acids is 1. The van der Waals surface area contributed by atoms with Gasteiger partial charge in [-0.2, -0.15) is 0 Å². The molecule has 3 heteroatoms. The monoisotopic (exact) mass is 184 g/mol. The summed E-state index contributed by atoms with van der Waals surface area (Å²) in [5.41, 5.74) is 5.79. The van der Waals surface area contributed by atoms with E-state index in [0.717, 1.165) is 6.42 Å². The number of hydrogen-bond acceptors (Lipinski definition) is 2. The van der Waals surface area contributed by atoms with Gasteiger partial charge in [-0.1, -0.05) is 20.8 Å². The smallest absolute Gasteiger partial charge is 0.221 e. The molecule has 1 saturated carbocycles. The molecule has 3 unspecified atom stereocenters. The lowest BCUT2D eigenvalue weighted by Gasteiger charge is -2.14. The highest BCUT2D eigenvalue weighted by molar-refractivity contribution is 5.77. The minimum atomic E-state index is -0.00550. The van der Waals surface area contributed by atoms with E-state index in [0.29, 0.717) is 24.3 Å². The van der Waals surface area contributed by atoms with Crippen LogP contribution in [0.1, 0.15) is 33.6 Å². The number of carbonyl (C=O) groups is 1. The van der Waals surface area contributed by atoms with Gasteiger partial charge in [-0.05, 0) is 18.3 Å². The summed E-state index contributed by atoms with van der Waals surface area (Å²) in [5.74, 6) is 1.15. The first-order valence-corrected chi connectivity index (χ1v) is 5.05. The van der Waals surface area contributed by atoms with E-state index in [1.807, 2.05) is 13.8 Å². The molecule has 0 bridgehead atoms. The van der Waals surface area contributed by atoms with E-state index in [4.69, 9.17) is 5.73 Å². The first kappa shape index (κ1) is 10.5. The van der Waals surface area contributed by atoms with Crippen molar-refractivity contribution in [2.24, 2.45) is 17.6 Å². The zero-order chi connectivity index (χ0) is 10.0. The van der Waals surface area contributed by atoms with Gasteiger partial charge in [0, 0.05) is 18.5 Å². The summed E-state index contributed by atoms with van der Waals surface area (Å²) in [6, 6.07) is 0.418. The molecule has 1 aliphatic carbocycles. The zero-order valence-electron chi connectivity index (χ0n) is 8.71. The maximum atomic E-state index is 11.4. The van der Waals surface area contributed by atoms with Crippen molar-refractivity contribution in [3.05, 3.63) is 0 Å². The Morgan fingerprint density at radius 2 is 2.15 bits per heavy atom. The van der Waals surface area contributed by atoms with E-state index in [2.05, 4.69) is 12.2 Å². The Morgan fingerprint density at radius 3 is 2.54 bits per heavy atom. The molecule has 0 aliphatic heterocycles. The van der Waals surface area contributed by atoms with Crippen LogP contribution in [0.5, 0.6) is 0 Å². The second kappa shape index (κ2) is 4.09. The van der Waals surface area contributed by atoms with Crippen molar-refractivity contribution < 1.29 is 4.79 Å². The summed E-state index contributed by atoms with van der Waals surface area (Å²) >= 11 is 0. The molecule has 0 radical (unpaired) electrons. The Bertz CT molecular complexity index is 191. The predicted molar refractivity (Wildman–Crippen MR) is 53.1 cm³/mol. The molecule has 3 N–H and O–H groups in total. The quantitative estimate of drug-likeness (QED) is 0.681. The molecule has 76 valence electrons. The van der Waals surface area contributed by atoms with E-state index in [9.17, 15) is 4.79 Å². The van der Waals surface area contributed by atoms with Crippen molar-refractivity contribution in [3.63, 3.8) is 0 Å². The maximum Gasteiger partial charge on any atom is 0.221 e. The second-order valence-corrected chi connectivity index (χ2v) is 4.50. The van der Waals surface area contributed by atoms with Crippen LogP contribution in [0, 0.1) is 11.8 Å². The Balaban J connectivity index is 2.17. The normalized spacial score (nSPS) is 28.7. The van der Waals surface area contributed by atoms with Crippen LogP contribution >= 0.6 is 0 Å². The highest BCUT2D eigenvalue weighted by Crippen LogP contribution is 2.28. The zero-order valence-corrected chi connectivity index (χ0v) is 8.71. The van der Waals surface area contributed by atoms with Gasteiger partial charge in [0.25, 0.3) is 0 Å². The Morgan fingerprint density at radius 1 is 1.62 bits per heavy atom.